The predicted molar refractivity (Wildman–Crippen MR) is 108 cm³/mol. The molecule has 1 aliphatic heterocycles. The highest BCUT2D eigenvalue weighted by Crippen LogP contribution is 2.12. The van der Waals surface area contributed by atoms with Crippen molar-refractivity contribution < 1.29 is 14.7 Å². The van der Waals surface area contributed by atoms with Crippen LogP contribution in [0.1, 0.15) is 38.3 Å². The van der Waals surface area contributed by atoms with Crippen LogP contribution in [0, 0.1) is 0 Å². The minimum absolute atomic E-state index is 0.220. The fraction of sp³-hybridized carbons (Fsp3) is 0.524. The van der Waals surface area contributed by atoms with Crippen molar-refractivity contribution in [1.82, 2.24) is 9.80 Å². The van der Waals surface area contributed by atoms with Gasteiger partial charge in [0.15, 0.2) is 0 Å². The SMILES string of the molecule is CC(C)(C)OC(=O)N1CCN(C/C=C/CCc2ccccc2/C=N/O)CC1. The number of piperazine rings is 1. The van der Waals surface area contributed by atoms with E-state index in [1.165, 1.54) is 11.8 Å². The molecule has 1 amide bonds. The van der Waals surface area contributed by atoms with Gasteiger partial charge in [-0.2, -0.15) is 0 Å². The van der Waals surface area contributed by atoms with E-state index in [1.54, 1.807) is 4.90 Å². The molecule has 2 rings (SSSR count). The minimum atomic E-state index is -0.446. The minimum Gasteiger partial charge on any atom is -0.444 e. The number of nitrogens with zero attached hydrogens (tertiary/aromatic N) is 3. The zero-order valence-electron chi connectivity index (χ0n) is 16.6. The predicted octanol–water partition coefficient (Wildman–Crippen LogP) is 3.54. The number of hydrogen-bond donors (Lipinski definition) is 1. The Balaban J connectivity index is 1.69. The summed E-state index contributed by atoms with van der Waals surface area (Å²) in [6.45, 7) is 9.69. The van der Waals surface area contributed by atoms with Crippen molar-refractivity contribution in [2.24, 2.45) is 5.16 Å². The Morgan fingerprint density at radius 3 is 2.56 bits per heavy atom. The van der Waals surface area contributed by atoms with Gasteiger partial charge in [-0.05, 0) is 44.7 Å². The lowest BCUT2D eigenvalue weighted by Gasteiger charge is -2.35. The first-order valence-corrected chi connectivity index (χ1v) is 9.49. The Kier molecular flexibility index (Phi) is 7.85. The fourth-order valence-corrected chi connectivity index (χ4v) is 2.97. The smallest absolute Gasteiger partial charge is 0.410 e. The van der Waals surface area contributed by atoms with E-state index < -0.39 is 5.60 Å². The summed E-state index contributed by atoms with van der Waals surface area (Å²) in [6.07, 6.45) is 7.48. The number of aryl methyl sites for hydroxylation is 1. The molecule has 27 heavy (non-hydrogen) atoms. The number of carbonyl (C=O) groups excluding carboxylic acids is 1. The quantitative estimate of drug-likeness (QED) is 0.358. The van der Waals surface area contributed by atoms with Gasteiger partial charge in [-0.1, -0.05) is 41.6 Å². The first-order valence-electron chi connectivity index (χ1n) is 9.49. The number of carbonyl (C=O) groups is 1. The van der Waals surface area contributed by atoms with E-state index in [4.69, 9.17) is 9.94 Å². The summed E-state index contributed by atoms with van der Waals surface area (Å²) >= 11 is 0. The Morgan fingerprint density at radius 2 is 1.89 bits per heavy atom. The van der Waals surface area contributed by atoms with Crippen molar-refractivity contribution in [1.29, 1.82) is 0 Å². The molecule has 1 aromatic rings. The number of rotatable bonds is 6. The van der Waals surface area contributed by atoms with Crippen LogP contribution in [0.5, 0.6) is 0 Å². The first-order chi connectivity index (χ1) is 12.9. The standard InChI is InChI=1S/C21H31N3O3/c1-21(2,3)27-20(25)24-15-13-23(14-16-24)12-8-4-5-9-18-10-6-7-11-19(18)17-22-26/h4,6-8,10-11,17,26H,5,9,12-16H2,1-3H3/b8-4+,22-17+. The molecule has 6 heteroatoms. The second-order valence-corrected chi connectivity index (χ2v) is 7.72. The van der Waals surface area contributed by atoms with Gasteiger partial charge in [-0.3, -0.25) is 4.90 Å². The maximum atomic E-state index is 12.1. The summed E-state index contributed by atoms with van der Waals surface area (Å²) in [6, 6.07) is 7.94. The monoisotopic (exact) mass is 373 g/mol. The van der Waals surface area contributed by atoms with E-state index in [9.17, 15) is 4.79 Å². The number of amides is 1. The fourth-order valence-electron chi connectivity index (χ4n) is 2.97. The van der Waals surface area contributed by atoms with Crippen LogP contribution >= 0.6 is 0 Å². The van der Waals surface area contributed by atoms with E-state index in [0.29, 0.717) is 13.1 Å². The van der Waals surface area contributed by atoms with Crippen LogP contribution in [-0.2, 0) is 11.2 Å². The Morgan fingerprint density at radius 1 is 1.19 bits per heavy atom. The average Bonchev–Trinajstić information content (AvgIpc) is 2.62. The summed E-state index contributed by atoms with van der Waals surface area (Å²) in [5.41, 5.74) is 1.68. The molecule has 1 aromatic carbocycles. The zero-order valence-corrected chi connectivity index (χ0v) is 16.6. The molecule has 1 aliphatic rings. The van der Waals surface area contributed by atoms with Crippen molar-refractivity contribution in [3.05, 3.63) is 47.5 Å². The second kappa shape index (κ2) is 10.1. The van der Waals surface area contributed by atoms with Crippen molar-refractivity contribution in [3.8, 4) is 0 Å². The third kappa shape index (κ3) is 7.43. The van der Waals surface area contributed by atoms with Crippen LogP contribution in [-0.4, -0.2) is 65.6 Å². The second-order valence-electron chi connectivity index (χ2n) is 7.72. The number of allylic oxidation sites excluding steroid dienone is 1. The van der Waals surface area contributed by atoms with E-state index in [2.05, 4.69) is 28.3 Å². The molecular formula is C21H31N3O3. The largest absolute Gasteiger partial charge is 0.444 e. The third-order valence-electron chi connectivity index (χ3n) is 4.39. The van der Waals surface area contributed by atoms with Gasteiger partial charge in [0, 0.05) is 32.7 Å². The Labute approximate surface area is 162 Å². The van der Waals surface area contributed by atoms with Crippen molar-refractivity contribution in [3.63, 3.8) is 0 Å². The van der Waals surface area contributed by atoms with Crippen LogP contribution in [0.2, 0.25) is 0 Å². The van der Waals surface area contributed by atoms with E-state index in [1.807, 2.05) is 39.0 Å². The lowest BCUT2D eigenvalue weighted by molar-refractivity contribution is 0.0154. The molecule has 0 aliphatic carbocycles. The van der Waals surface area contributed by atoms with Crippen LogP contribution in [0.15, 0.2) is 41.6 Å². The summed E-state index contributed by atoms with van der Waals surface area (Å²) in [5.74, 6) is 0. The maximum Gasteiger partial charge on any atom is 0.410 e. The van der Waals surface area contributed by atoms with Crippen LogP contribution in [0.3, 0.4) is 0 Å². The number of hydrogen-bond acceptors (Lipinski definition) is 5. The molecule has 0 bridgehead atoms. The highest BCUT2D eigenvalue weighted by molar-refractivity contribution is 5.81. The van der Waals surface area contributed by atoms with Crippen molar-refractivity contribution in [2.75, 3.05) is 32.7 Å². The molecule has 1 saturated heterocycles. The van der Waals surface area contributed by atoms with Gasteiger partial charge in [0.2, 0.25) is 0 Å². The van der Waals surface area contributed by atoms with Crippen molar-refractivity contribution >= 4 is 12.3 Å². The highest BCUT2D eigenvalue weighted by Gasteiger charge is 2.25. The van der Waals surface area contributed by atoms with Gasteiger partial charge >= 0.3 is 6.09 Å². The molecule has 1 fully saturated rings. The van der Waals surface area contributed by atoms with E-state index in [-0.39, 0.29) is 6.09 Å². The van der Waals surface area contributed by atoms with Crippen molar-refractivity contribution in [2.45, 2.75) is 39.2 Å². The lowest BCUT2D eigenvalue weighted by Crippen LogP contribution is -2.49. The topological polar surface area (TPSA) is 65.4 Å². The van der Waals surface area contributed by atoms with Gasteiger partial charge in [-0.15, -0.1) is 0 Å². The Bertz CT molecular complexity index is 657. The normalized spacial score (nSPS) is 16.3. The molecule has 148 valence electrons. The lowest BCUT2D eigenvalue weighted by atomic mass is 10.0. The third-order valence-corrected chi connectivity index (χ3v) is 4.39. The maximum absolute atomic E-state index is 12.1. The summed E-state index contributed by atoms with van der Waals surface area (Å²) in [5, 5.41) is 11.8. The number of ether oxygens (including phenoxy) is 1. The molecule has 6 nitrogen and oxygen atoms in total. The molecule has 0 aromatic heterocycles. The zero-order chi connectivity index (χ0) is 19.7. The van der Waals surface area contributed by atoms with E-state index in [0.717, 1.165) is 38.0 Å². The highest BCUT2D eigenvalue weighted by atomic mass is 16.6. The van der Waals surface area contributed by atoms with Gasteiger partial charge in [-0.25, -0.2) is 4.79 Å². The van der Waals surface area contributed by atoms with Crippen LogP contribution < -0.4 is 0 Å². The molecular weight excluding hydrogens is 342 g/mol. The molecule has 0 radical (unpaired) electrons. The Hall–Kier alpha value is -2.34. The van der Waals surface area contributed by atoms with Crippen LogP contribution in [0.25, 0.3) is 0 Å². The molecule has 1 N–H and O–H groups in total. The van der Waals surface area contributed by atoms with Crippen LogP contribution in [0.4, 0.5) is 4.79 Å². The van der Waals surface area contributed by atoms with E-state index >= 15 is 0 Å². The molecule has 1 heterocycles. The van der Waals surface area contributed by atoms with Gasteiger partial charge in [0.05, 0.1) is 6.21 Å². The van der Waals surface area contributed by atoms with Gasteiger partial charge in [0.1, 0.15) is 5.60 Å². The molecule has 0 saturated carbocycles. The van der Waals surface area contributed by atoms with Gasteiger partial charge in [0.25, 0.3) is 0 Å². The number of benzene rings is 1. The molecule has 0 spiro atoms. The van der Waals surface area contributed by atoms with Gasteiger partial charge < -0.3 is 14.8 Å². The number of oxime groups is 1. The molecule has 0 atom stereocenters. The summed E-state index contributed by atoms with van der Waals surface area (Å²) in [4.78, 5) is 16.2. The molecule has 0 unspecified atom stereocenters. The average molecular weight is 373 g/mol. The summed E-state index contributed by atoms with van der Waals surface area (Å²) < 4.78 is 5.42. The first kappa shape index (κ1) is 21.0. The summed E-state index contributed by atoms with van der Waals surface area (Å²) in [7, 11) is 0.